The highest BCUT2D eigenvalue weighted by atomic mass is 16.5. The van der Waals surface area contributed by atoms with Gasteiger partial charge < -0.3 is 14.5 Å². The number of amides is 1. The maximum atomic E-state index is 11.7. The molecule has 0 aliphatic rings. The monoisotopic (exact) mass is 211 g/mol. The van der Waals surface area contributed by atoms with Gasteiger partial charge in [-0.15, -0.1) is 0 Å². The number of carbonyl (C=O) groups excluding carboxylic acids is 1. The van der Waals surface area contributed by atoms with Gasteiger partial charge in [0, 0.05) is 7.11 Å². The van der Waals surface area contributed by atoms with Gasteiger partial charge in [0.2, 0.25) is 0 Å². The van der Waals surface area contributed by atoms with E-state index in [1.807, 2.05) is 13.0 Å². The van der Waals surface area contributed by atoms with Crippen molar-refractivity contribution in [2.75, 3.05) is 7.11 Å². The molecule has 1 aromatic rings. The van der Waals surface area contributed by atoms with Crippen LogP contribution < -0.4 is 5.32 Å². The average molecular weight is 211 g/mol. The summed E-state index contributed by atoms with van der Waals surface area (Å²) in [5.41, 5.74) is -0.819. The van der Waals surface area contributed by atoms with E-state index in [0.29, 0.717) is 0 Å². The molecule has 0 bridgehead atoms. The molecular formula is C11H17NO3. The zero-order chi connectivity index (χ0) is 11.5. The van der Waals surface area contributed by atoms with E-state index in [4.69, 9.17) is 9.15 Å². The average Bonchev–Trinajstić information content (AvgIpc) is 2.70. The van der Waals surface area contributed by atoms with Crippen LogP contribution in [-0.2, 0) is 9.53 Å². The zero-order valence-corrected chi connectivity index (χ0v) is 9.53. The van der Waals surface area contributed by atoms with Gasteiger partial charge in [0.15, 0.2) is 0 Å². The van der Waals surface area contributed by atoms with Gasteiger partial charge in [-0.1, -0.05) is 0 Å². The van der Waals surface area contributed by atoms with E-state index in [9.17, 15) is 4.79 Å². The molecule has 0 saturated heterocycles. The molecule has 0 radical (unpaired) electrons. The van der Waals surface area contributed by atoms with E-state index in [0.717, 1.165) is 5.76 Å². The minimum absolute atomic E-state index is 0.151. The van der Waals surface area contributed by atoms with Gasteiger partial charge in [-0.2, -0.15) is 0 Å². The standard InChI is InChI=1S/C11H17NO3/c1-8(9-6-5-7-15-9)12-10(13)11(2,3)14-4/h5-8H,1-4H3,(H,12,13)/t8-/m1/s1. The lowest BCUT2D eigenvalue weighted by Gasteiger charge is -2.23. The third-order valence-corrected chi connectivity index (χ3v) is 2.37. The summed E-state index contributed by atoms with van der Waals surface area (Å²) in [6, 6.07) is 3.46. The van der Waals surface area contributed by atoms with Crippen LogP contribution in [0.4, 0.5) is 0 Å². The van der Waals surface area contributed by atoms with E-state index in [-0.39, 0.29) is 11.9 Å². The first-order chi connectivity index (χ1) is 6.97. The van der Waals surface area contributed by atoms with E-state index in [1.54, 1.807) is 26.2 Å². The van der Waals surface area contributed by atoms with Crippen LogP contribution in [0.3, 0.4) is 0 Å². The van der Waals surface area contributed by atoms with Crippen molar-refractivity contribution < 1.29 is 13.9 Å². The Morgan fingerprint density at radius 3 is 2.73 bits per heavy atom. The van der Waals surface area contributed by atoms with Gasteiger partial charge in [0.05, 0.1) is 12.3 Å². The molecule has 0 aromatic carbocycles. The van der Waals surface area contributed by atoms with Crippen molar-refractivity contribution >= 4 is 5.91 Å². The summed E-state index contributed by atoms with van der Waals surface area (Å²) >= 11 is 0. The van der Waals surface area contributed by atoms with E-state index < -0.39 is 5.60 Å². The molecule has 1 heterocycles. The fourth-order valence-corrected chi connectivity index (χ4v) is 1.07. The molecule has 1 rings (SSSR count). The van der Waals surface area contributed by atoms with E-state index >= 15 is 0 Å². The third kappa shape index (κ3) is 2.83. The van der Waals surface area contributed by atoms with Gasteiger partial charge in [-0.25, -0.2) is 0 Å². The van der Waals surface area contributed by atoms with Crippen molar-refractivity contribution in [2.24, 2.45) is 0 Å². The number of nitrogens with one attached hydrogen (secondary N) is 1. The molecule has 0 spiro atoms. The lowest BCUT2D eigenvalue weighted by Crippen LogP contribution is -2.44. The highest BCUT2D eigenvalue weighted by Crippen LogP contribution is 2.15. The second-order valence-electron chi connectivity index (χ2n) is 3.93. The predicted octanol–water partition coefficient (Wildman–Crippen LogP) is 1.88. The molecule has 4 heteroatoms. The SMILES string of the molecule is COC(C)(C)C(=O)N[C@H](C)c1ccco1. The third-order valence-electron chi connectivity index (χ3n) is 2.37. The summed E-state index contributed by atoms with van der Waals surface area (Å²) in [7, 11) is 1.51. The Morgan fingerprint density at radius 2 is 2.27 bits per heavy atom. The summed E-state index contributed by atoms with van der Waals surface area (Å²) in [4.78, 5) is 11.7. The second-order valence-corrected chi connectivity index (χ2v) is 3.93. The van der Waals surface area contributed by atoms with Crippen molar-refractivity contribution in [3.8, 4) is 0 Å². The van der Waals surface area contributed by atoms with Crippen LogP contribution in [0.2, 0.25) is 0 Å². The molecule has 1 aromatic heterocycles. The molecular weight excluding hydrogens is 194 g/mol. The Balaban J connectivity index is 2.60. The Kier molecular flexibility index (Phi) is 3.52. The molecule has 0 aliphatic heterocycles. The Hall–Kier alpha value is -1.29. The van der Waals surface area contributed by atoms with Crippen LogP contribution in [0, 0.1) is 0 Å². The van der Waals surface area contributed by atoms with Crippen molar-refractivity contribution in [2.45, 2.75) is 32.4 Å². The molecule has 15 heavy (non-hydrogen) atoms. The zero-order valence-electron chi connectivity index (χ0n) is 9.53. The summed E-state index contributed by atoms with van der Waals surface area (Å²) in [6.45, 7) is 5.30. The van der Waals surface area contributed by atoms with Gasteiger partial charge in [0.1, 0.15) is 11.4 Å². The first-order valence-corrected chi connectivity index (χ1v) is 4.87. The quantitative estimate of drug-likeness (QED) is 0.827. The maximum absolute atomic E-state index is 11.7. The van der Waals surface area contributed by atoms with Gasteiger partial charge >= 0.3 is 0 Å². The van der Waals surface area contributed by atoms with Crippen molar-refractivity contribution in [3.05, 3.63) is 24.2 Å². The minimum Gasteiger partial charge on any atom is -0.467 e. The van der Waals surface area contributed by atoms with Gasteiger partial charge in [-0.3, -0.25) is 4.79 Å². The Bertz CT molecular complexity index is 317. The van der Waals surface area contributed by atoms with Crippen LogP contribution in [-0.4, -0.2) is 18.6 Å². The number of carbonyl (C=O) groups is 1. The van der Waals surface area contributed by atoms with Crippen molar-refractivity contribution in [1.29, 1.82) is 0 Å². The lowest BCUT2D eigenvalue weighted by molar-refractivity contribution is -0.140. The van der Waals surface area contributed by atoms with Crippen LogP contribution in [0.25, 0.3) is 0 Å². The van der Waals surface area contributed by atoms with Crippen molar-refractivity contribution in [1.82, 2.24) is 5.32 Å². The number of furan rings is 1. The number of hydrogen-bond donors (Lipinski definition) is 1. The van der Waals surface area contributed by atoms with E-state index in [2.05, 4.69) is 5.32 Å². The first kappa shape index (κ1) is 11.8. The number of ether oxygens (including phenoxy) is 1. The molecule has 84 valence electrons. The Morgan fingerprint density at radius 1 is 1.60 bits per heavy atom. The second kappa shape index (κ2) is 4.49. The fraction of sp³-hybridized carbons (Fsp3) is 0.545. The van der Waals surface area contributed by atoms with Gasteiger partial charge in [-0.05, 0) is 32.9 Å². The molecule has 0 saturated carbocycles. The van der Waals surface area contributed by atoms with Crippen LogP contribution >= 0.6 is 0 Å². The molecule has 0 unspecified atom stereocenters. The lowest BCUT2D eigenvalue weighted by atomic mass is 10.1. The topological polar surface area (TPSA) is 51.5 Å². The van der Waals surface area contributed by atoms with Crippen molar-refractivity contribution in [3.63, 3.8) is 0 Å². The molecule has 4 nitrogen and oxygen atoms in total. The fourth-order valence-electron chi connectivity index (χ4n) is 1.07. The van der Waals surface area contributed by atoms with Crippen LogP contribution in [0.5, 0.6) is 0 Å². The maximum Gasteiger partial charge on any atom is 0.252 e. The highest BCUT2D eigenvalue weighted by Gasteiger charge is 2.28. The molecule has 0 aliphatic carbocycles. The number of rotatable bonds is 4. The first-order valence-electron chi connectivity index (χ1n) is 4.87. The largest absolute Gasteiger partial charge is 0.467 e. The van der Waals surface area contributed by atoms with Crippen LogP contribution in [0.15, 0.2) is 22.8 Å². The normalized spacial score (nSPS) is 13.6. The van der Waals surface area contributed by atoms with E-state index in [1.165, 1.54) is 7.11 Å². The minimum atomic E-state index is -0.819. The summed E-state index contributed by atoms with van der Waals surface area (Å²) in [5, 5.41) is 2.82. The Labute approximate surface area is 89.6 Å². The summed E-state index contributed by atoms with van der Waals surface area (Å²) in [6.07, 6.45) is 1.58. The smallest absolute Gasteiger partial charge is 0.252 e. The molecule has 1 amide bonds. The summed E-state index contributed by atoms with van der Waals surface area (Å²) in [5.74, 6) is 0.573. The van der Waals surface area contributed by atoms with Crippen LogP contribution in [0.1, 0.15) is 32.6 Å². The highest BCUT2D eigenvalue weighted by molar-refractivity contribution is 5.84. The molecule has 1 N–H and O–H groups in total. The predicted molar refractivity (Wildman–Crippen MR) is 56.4 cm³/mol. The number of methoxy groups -OCH3 is 1. The molecule has 1 atom stereocenters. The summed E-state index contributed by atoms with van der Waals surface area (Å²) < 4.78 is 10.3. The van der Waals surface area contributed by atoms with Gasteiger partial charge in [0.25, 0.3) is 5.91 Å². The number of hydrogen-bond acceptors (Lipinski definition) is 3. The molecule has 0 fully saturated rings.